The fourth-order valence-electron chi connectivity index (χ4n) is 3.02. The molecule has 1 atom stereocenters. The quantitative estimate of drug-likeness (QED) is 0.741. The van der Waals surface area contributed by atoms with Crippen molar-refractivity contribution in [1.82, 2.24) is 10.3 Å². The highest BCUT2D eigenvalue weighted by Gasteiger charge is 2.36. The maximum Gasteiger partial charge on any atom is 0.328 e. The Bertz CT molecular complexity index is 956. The summed E-state index contributed by atoms with van der Waals surface area (Å²) in [6, 6.07) is 11.3. The third-order valence-electron chi connectivity index (χ3n) is 4.43. The fraction of sp³-hybridized carbons (Fsp3) is 0.250. The number of nitrogens with zero attached hydrogens (tertiary/aromatic N) is 3. The molecule has 8 nitrogen and oxygen atoms in total. The molecule has 0 aliphatic carbocycles. The lowest BCUT2D eigenvalue weighted by atomic mass is 10.1. The van der Waals surface area contributed by atoms with Crippen LogP contribution < -0.4 is 10.3 Å². The van der Waals surface area contributed by atoms with E-state index >= 15 is 0 Å². The van der Waals surface area contributed by atoms with Crippen molar-refractivity contribution in [3.63, 3.8) is 0 Å². The number of aromatic nitrogens is 1. The smallest absolute Gasteiger partial charge is 0.328 e. The van der Waals surface area contributed by atoms with E-state index in [9.17, 15) is 19.5 Å². The third-order valence-corrected chi connectivity index (χ3v) is 4.43. The van der Waals surface area contributed by atoms with Gasteiger partial charge in [0.05, 0.1) is 17.9 Å². The van der Waals surface area contributed by atoms with Gasteiger partial charge < -0.3 is 10.4 Å². The Hall–Kier alpha value is -3.55. The molecule has 8 heteroatoms. The number of benzene rings is 1. The van der Waals surface area contributed by atoms with Gasteiger partial charge in [-0.2, -0.15) is 5.10 Å². The van der Waals surface area contributed by atoms with Crippen LogP contribution in [-0.4, -0.2) is 39.5 Å². The number of rotatable bonds is 6. The number of hydrazone groups is 1. The first kappa shape index (κ1) is 19.2. The Morgan fingerprint density at radius 3 is 2.50 bits per heavy atom. The molecule has 1 aliphatic heterocycles. The molecular formula is C20H20N4O4. The lowest BCUT2D eigenvalue weighted by molar-refractivity contribution is -0.138. The number of carbonyl (C=O) groups excluding carboxylic acids is 2. The molecule has 2 N–H and O–H groups in total. The molecule has 1 amide bonds. The van der Waals surface area contributed by atoms with Crippen LogP contribution in [0, 0.1) is 6.92 Å². The fourth-order valence-corrected chi connectivity index (χ4v) is 3.02. The van der Waals surface area contributed by atoms with E-state index in [1.54, 1.807) is 43.3 Å². The number of Topliss-reactive ketones (excluding diaryl/α,β-unsaturated/α-hetero) is 1. The molecule has 2 aromatic rings. The summed E-state index contributed by atoms with van der Waals surface area (Å²) >= 11 is 0. The van der Waals surface area contributed by atoms with Gasteiger partial charge in [-0.15, -0.1) is 0 Å². The summed E-state index contributed by atoms with van der Waals surface area (Å²) in [7, 11) is 0. The Morgan fingerprint density at radius 1 is 1.18 bits per heavy atom. The van der Waals surface area contributed by atoms with Crippen LogP contribution in [-0.2, 0) is 16.1 Å². The lowest BCUT2D eigenvalue weighted by Crippen LogP contribution is -2.35. The summed E-state index contributed by atoms with van der Waals surface area (Å²) in [6.07, 6.45) is 0.00575. The van der Waals surface area contributed by atoms with Gasteiger partial charge in [-0.3, -0.25) is 19.6 Å². The van der Waals surface area contributed by atoms with Crippen molar-refractivity contribution < 1.29 is 19.5 Å². The molecule has 0 saturated carbocycles. The van der Waals surface area contributed by atoms with E-state index in [1.807, 2.05) is 6.07 Å². The predicted molar refractivity (Wildman–Crippen MR) is 103 cm³/mol. The van der Waals surface area contributed by atoms with Crippen molar-refractivity contribution in [2.24, 2.45) is 5.10 Å². The van der Waals surface area contributed by atoms with Crippen molar-refractivity contribution in [2.45, 2.75) is 32.9 Å². The molecule has 0 saturated heterocycles. The van der Waals surface area contributed by atoms with Crippen LogP contribution in [0.3, 0.4) is 0 Å². The van der Waals surface area contributed by atoms with Gasteiger partial charge in [-0.05, 0) is 38.1 Å². The molecule has 2 heterocycles. The minimum atomic E-state index is -1.05. The molecule has 0 fully saturated rings. The number of hydrogen-bond donors (Lipinski definition) is 2. The third kappa shape index (κ3) is 4.06. The summed E-state index contributed by atoms with van der Waals surface area (Å²) in [5.41, 5.74) is 2.49. The number of carboxylic acid groups (broad SMARTS) is 1. The predicted octanol–water partition coefficient (Wildman–Crippen LogP) is 1.93. The van der Waals surface area contributed by atoms with Gasteiger partial charge in [0.15, 0.2) is 11.8 Å². The average Bonchev–Trinajstić information content (AvgIpc) is 3.12. The van der Waals surface area contributed by atoms with E-state index in [2.05, 4.69) is 15.4 Å². The first-order valence-corrected chi connectivity index (χ1v) is 8.77. The number of nitrogens with one attached hydrogen (secondary N) is 1. The summed E-state index contributed by atoms with van der Waals surface area (Å²) in [4.78, 5) is 39.8. The van der Waals surface area contributed by atoms with E-state index in [0.717, 1.165) is 0 Å². The number of ketones is 1. The van der Waals surface area contributed by atoms with Gasteiger partial charge in [-0.25, -0.2) is 4.79 Å². The summed E-state index contributed by atoms with van der Waals surface area (Å²) < 4.78 is 0. The van der Waals surface area contributed by atoms with Gasteiger partial charge in [0, 0.05) is 17.7 Å². The monoisotopic (exact) mass is 380 g/mol. The molecule has 1 unspecified atom stereocenters. The Balaban J connectivity index is 1.71. The highest BCUT2D eigenvalue weighted by molar-refractivity contribution is 6.40. The van der Waals surface area contributed by atoms with Gasteiger partial charge in [-0.1, -0.05) is 18.2 Å². The normalized spacial score (nSPS) is 15.9. The SMILES string of the molecule is CC(=O)c1ccc(CNC(=O)C2=NN(c3ccccc3)C(C(=O)O)C2)nc1C. The molecule has 0 radical (unpaired) electrons. The van der Waals surface area contributed by atoms with Crippen LogP contribution in [0.1, 0.15) is 35.1 Å². The number of amides is 1. The zero-order valence-electron chi connectivity index (χ0n) is 15.5. The van der Waals surface area contributed by atoms with Crippen molar-refractivity contribution in [1.29, 1.82) is 0 Å². The summed E-state index contributed by atoms with van der Waals surface area (Å²) in [5, 5.41) is 17.7. The van der Waals surface area contributed by atoms with Crippen LogP contribution in [0.4, 0.5) is 5.69 Å². The number of hydrogen-bond acceptors (Lipinski definition) is 6. The number of pyridine rings is 1. The number of anilines is 1. The molecule has 28 heavy (non-hydrogen) atoms. The van der Waals surface area contributed by atoms with Crippen molar-refractivity contribution >= 4 is 29.1 Å². The maximum atomic E-state index is 12.5. The standard InChI is InChI=1S/C20H20N4O4/c1-12-16(13(2)25)9-8-14(22-12)11-21-19(26)17-10-18(20(27)28)24(23-17)15-6-4-3-5-7-15/h3-9,18H,10-11H2,1-2H3,(H,21,26)(H,27,28). The van der Waals surface area contributed by atoms with Crippen LogP contribution in [0.25, 0.3) is 0 Å². The molecule has 1 aliphatic rings. The highest BCUT2D eigenvalue weighted by atomic mass is 16.4. The highest BCUT2D eigenvalue weighted by Crippen LogP contribution is 2.24. The molecular weight excluding hydrogens is 360 g/mol. The number of aryl methyl sites for hydroxylation is 1. The maximum absolute atomic E-state index is 12.5. The van der Waals surface area contributed by atoms with Gasteiger partial charge >= 0.3 is 5.97 Å². The van der Waals surface area contributed by atoms with E-state index in [4.69, 9.17) is 0 Å². The number of para-hydroxylation sites is 1. The average molecular weight is 380 g/mol. The van der Waals surface area contributed by atoms with E-state index in [1.165, 1.54) is 11.9 Å². The second kappa shape index (κ2) is 7.99. The van der Waals surface area contributed by atoms with Crippen LogP contribution in [0.2, 0.25) is 0 Å². The molecule has 0 bridgehead atoms. The van der Waals surface area contributed by atoms with Crippen LogP contribution >= 0.6 is 0 Å². The first-order chi connectivity index (χ1) is 13.4. The molecule has 1 aromatic carbocycles. The van der Waals surface area contributed by atoms with E-state index in [-0.39, 0.29) is 24.5 Å². The summed E-state index contributed by atoms with van der Waals surface area (Å²) in [5.74, 6) is -1.56. The van der Waals surface area contributed by atoms with Crippen LogP contribution in [0.5, 0.6) is 0 Å². The van der Waals surface area contributed by atoms with E-state index < -0.39 is 17.9 Å². The molecule has 1 aromatic heterocycles. The Morgan fingerprint density at radius 2 is 1.89 bits per heavy atom. The zero-order chi connectivity index (χ0) is 20.3. The summed E-state index contributed by atoms with van der Waals surface area (Å²) in [6.45, 7) is 3.36. The van der Waals surface area contributed by atoms with E-state index in [0.29, 0.717) is 22.6 Å². The minimum Gasteiger partial charge on any atom is -0.480 e. The second-order valence-corrected chi connectivity index (χ2v) is 6.46. The largest absolute Gasteiger partial charge is 0.480 e. The second-order valence-electron chi connectivity index (χ2n) is 6.46. The molecule has 0 spiro atoms. The number of aliphatic carboxylic acids is 1. The van der Waals surface area contributed by atoms with Crippen molar-refractivity contribution in [2.75, 3.05) is 5.01 Å². The first-order valence-electron chi connectivity index (χ1n) is 8.77. The van der Waals surface area contributed by atoms with Gasteiger partial charge in [0.2, 0.25) is 0 Å². The Kier molecular flexibility index (Phi) is 5.49. The van der Waals surface area contributed by atoms with Gasteiger partial charge in [0.25, 0.3) is 5.91 Å². The topological polar surface area (TPSA) is 112 Å². The minimum absolute atomic E-state index is 0.00575. The van der Waals surface area contributed by atoms with Crippen molar-refractivity contribution in [3.05, 3.63) is 59.4 Å². The lowest BCUT2D eigenvalue weighted by Gasteiger charge is -2.19. The van der Waals surface area contributed by atoms with Crippen LogP contribution in [0.15, 0.2) is 47.6 Å². The molecule has 3 rings (SSSR count). The van der Waals surface area contributed by atoms with Gasteiger partial charge in [0.1, 0.15) is 5.71 Å². The Labute approximate surface area is 161 Å². The molecule has 144 valence electrons. The number of carboxylic acids is 1. The zero-order valence-corrected chi connectivity index (χ0v) is 15.5. The van der Waals surface area contributed by atoms with Crippen molar-refractivity contribution in [3.8, 4) is 0 Å². The number of carbonyl (C=O) groups is 3.